The molecular weight excluding hydrogens is 212 g/mol. The molecule has 0 aromatic heterocycles. The number of methoxy groups -OCH3 is 1. The summed E-state index contributed by atoms with van der Waals surface area (Å²) < 4.78 is 5.20. The summed E-state index contributed by atoms with van der Waals surface area (Å²) in [6.45, 7) is 5.87. The highest BCUT2D eigenvalue weighted by Gasteiger charge is 2.42. The summed E-state index contributed by atoms with van der Waals surface area (Å²) in [6.07, 6.45) is 1.33. The molecule has 2 bridgehead atoms. The Kier molecular flexibility index (Phi) is 2.71. The van der Waals surface area contributed by atoms with Crippen LogP contribution in [0.15, 0.2) is 24.3 Å². The molecule has 2 atom stereocenters. The highest BCUT2D eigenvalue weighted by atomic mass is 16.5. The van der Waals surface area contributed by atoms with Crippen molar-refractivity contribution in [3.63, 3.8) is 0 Å². The fraction of sp³-hybridized carbons (Fsp3) is 0.571. The van der Waals surface area contributed by atoms with Crippen molar-refractivity contribution in [2.75, 3.05) is 31.6 Å². The van der Waals surface area contributed by atoms with Crippen LogP contribution in [0.25, 0.3) is 0 Å². The maximum atomic E-state index is 5.20. The second-order valence-electron chi connectivity index (χ2n) is 4.98. The second-order valence-corrected chi connectivity index (χ2v) is 4.98. The van der Waals surface area contributed by atoms with Gasteiger partial charge in [-0.05, 0) is 37.2 Å². The molecule has 0 radical (unpaired) electrons. The van der Waals surface area contributed by atoms with Crippen molar-refractivity contribution in [3.8, 4) is 5.75 Å². The summed E-state index contributed by atoms with van der Waals surface area (Å²) in [4.78, 5) is 5.15. The van der Waals surface area contributed by atoms with Crippen LogP contribution >= 0.6 is 0 Å². The Morgan fingerprint density at radius 2 is 1.94 bits per heavy atom. The van der Waals surface area contributed by atoms with Crippen LogP contribution in [0.1, 0.15) is 13.3 Å². The van der Waals surface area contributed by atoms with Crippen molar-refractivity contribution in [1.29, 1.82) is 0 Å². The van der Waals surface area contributed by atoms with Gasteiger partial charge in [-0.3, -0.25) is 4.90 Å². The minimum absolute atomic E-state index is 0.716. The van der Waals surface area contributed by atoms with Gasteiger partial charge in [-0.15, -0.1) is 0 Å². The van der Waals surface area contributed by atoms with Crippen LogP contribution in [0.2, 0.25) is 0 Å². The highest BCUT2D eigenvalue weighted by molar-refractivity contribution is 5.52. The van der Waals surface area contributed by atoms with Crippen LogP contribution in [0.3, 0.4) is 0 Å². The van der Waals surface area contributed by atoms with Crippen molar-refractivity contribution < 1.29 is 4.74 Å². The van der Waals surface area contributed by atoms with E-state index >= 15 is 0 Å². The van der Waals surface area contributed by atoms with Gasteiger partial charge in [0.05, 0.1) is 7.11 Å². The highest BCUT2D eigenvalue weighted by Crippen LogP contribution is 2.34. The first kappa shape index (κ1) is 10.9. The molecule has 1 aromatic rings. The van der Waals surface area contributed by atoms with Gasteiger partial charge >= 0.3 is 0 Å². The number of piperazine rings is 1. The summed E-state index contributed by atoms with van der Waals surface area (Å²) >= 11 is 0. The predicted molar refractivity (Wildman–Crippen MR) is 69.8 cm³/mol. The molecule has 2 aliphatic heterocycles. The number of ether oxygens (including phenoxy) is 1. The van der Waals surface area contributed by atoms with Crippen LogP contribution in [-0.2, 0) is 0 Å². The zero-order valence-corrected chi connectivity index (χ0v) is 10.6. The Labute approximate surface area is 103 Å². The number of hydrogen-bond donors (Lipinski definition) is 0. The molecule has 2 saturated heterocycles. The van der Waals surface area contributed by atoms with E-state index in [0.29, 0.717) is 6.04 Å². The summed E-state index contributed by atoms with van der Waals surface area (Å²) in [5, 5.41) is 0. The largest absolute Gasteiger partial charge is 0.497 e. The maximum Gasteiger partial charge on any atom is 0.119 e. The lowest BCUT2D eigenvalue weighted by Crippen LogP contribution is -2.46. The molecule has 2 unspecified atom stereocenters. The smallest absolute Gasteiger partial charge is 0.119 e. The number of hydrogen-bond acceptors (Lipinski definition) is 3. The average molecular weight is 232 g/mol. The molecule has 3 nitrogen and oxygen atoms in total. The molecule has 3 heteroatoms. The lowest BCUT2D eigenvalue weighted by molar-refractivity contribution is 0.251. The Morgan fingerprint density at radius 3 is 2.47 bits per heavy atom. The van der Waals surface area contributed by atoms with Gasteiger partial charge in [-0.25, -0.2) is 0 Å². The maximum absolute atomic E-state index is 5.20. The topological polar surface area (TPSA) is 15.7 Å². The van der Waals surface area contributed by atoms with Gasteiger partial charge in [0.25, 0.3) is 0 Å². The SMILES string of the molecule is CCN1CC2CC1CN2c1ccc(OC)cc1. The molecule has 0 spiro atoms. The number of benzene rings is 1. The van der Waals surface area contributed by atoms with Gasteiger partial charge in [0.15, 0.2) is 0 Å². The third kappa shape index (κ3) is 1.78. The molecule has 3 rings (SSSR count). The lowest BCUT2D eigenvalue weighted by Gasteiger charge is -2.35. The fourth-order valence-electron chi connectivity index (χ4n) is 3.23. The van der Waals surface area contributed by atoms with E-state index in [1.54, 1.807) is 7.11 Å². The van der Waals surface area contributed by atoms with E-state index in [2.05, 4.69) is 41.0 Å². The third-order valence-corrected chi connectivity index (χ3v) is 4.16. The van der Waals surface area contributed by atoms with E-state index in [1.807, 2.05) is 0 Å². The molecule has 2 fully saturated rings. The molecule has 17 heavy (non-hydrogen) atoms. The van der Waals surface area contributed by atoms with Crippen molar-refractivity contribution >= 4 is 5.69 Å². The van der Waals surface area contributed by atoms with Crippen LogP contribution in [-0.4, -0.2) is 43.7 Å². The summed E-state index contributed by atoms with van der Waals surface area (Å²) in [6, 6.07) is 9.95. The van der Waals surface area contributed by atoms with Gasteiger partial charge in [0.1, 0.15) is 5.75 Å². The van der Waals surface area contributed by atoms with Crippen molar-refractivity contribution in [2.24, 2.45) is 0 Å². The number of fused-ring (bicyclic) bond motifs is 2. The Bertz CT molecular complexity index is 390. The first-order chi connectivity index (χ1) is 8.31. The summed E-state index contributed by atoms with van der Waals surface area (Å²) in [7, 11) is 1.71. The molecule has 0 amide bonds. The number of likely N-dealkylation sites (N-methyl/N-ethyl adjacent to an activating group) is 1. The second kappa shape index (κ2) is 4.22. The normalized spacial score (nSPS) is 27.8. The molecule has 92 valence electrons. The monoisotopic (exact) mass is 232 g/mol. The first-order valence-electron chi connectivity index (χ1n) is 6.46. The van der Waals surface area contributed by atoms with Crippen molar-refractivity contribution in [3.05, 3.63) is 24.3 Å². The molecular formula is C14H20N2O. The quantitative estimate of drug-likeness (QED) is 0.792. The lowest BCUT2D eigenvalue weighted by atomic mass is 10.2. The van der Waals surface area contributed by atoms with E-state index in [9.17, 15) is 0 Å². The van der Waals surface area contributed by atoms with Crippen molar-refractivity contribution in [1.82, 2.24) is 4.90 Å². The molecule has 0 saturated carbocycles. The number of likely N-dealkylation sites (tertiary alicyclic amines) is 1. The van der Waals surface area contributed by atoms with Gasteiger partial charge < -0.3 is 9.64 Å². The summed E-state index contributed by atoms with van der Waals surface area (Å²) in [5.74, 6) is 0.938. The average Bonchev–Trinajstić information content (AvgIpc) is 2.98. The minimum Gasteiger partial charge on any atom is -0.497 e. The van der Waals surface area contributed by atoms with Crippen LogP contribution < -0.4 is 9.64 Å². The summed E-state index contributed by atoms with van der Waals surface area (Å²) in [5.41, 5.74) is 1.34. The van der Waals surface area contributed by atoms with Gasteiger partial charge in [0.2, 0.25) is 0 Å². The van der Waals surface area contributed by atoms with E-state index in [0.717, 1.165) is 11.8 Å². The zero-order chi connectivity index (χ0) is 11.8. The first-order valence-corrected chi connectivity index (χ1v) is 6.46. The molecule has 2 aliphatic rings. The number of anilines is 1. The van der Waals surface area contributed by atoms with Crippen LogP contribution in [0, 0.1) is 0 Å². The van der Waals surface area contributed by atoms with Gasteiger partial charge in [-0.2, -0.15) is 0 Å². The van der Waals surface area contributed by atoms with E-state index in [1.165, 1.54) is 31.7 Å². The Morgan fingerprint density at radius 1 is 1.18 bits per heavy atom. The van der Waals surface area contributed by atoms with Crippen molar-refractivity contribution in [2.45, 2.75) is 25.4 Å². The van der Waals surface area contributed by atoms with E-state index < -0.39 is 0 Å². The van der Waals surface area contributed by atoms with E-state index in [4.69, 9.17) is 4.74 Å². The zero-order valence-electron chi connectivity index (χ0n) is 10.6. The number of nitrogens with zero attached hydrogens (tertiary/aromatic N) is 2. The Balaban J connectivity index is 1.74. The molecule has 0 aliphatic carbocycles. The Hall–Kier alpha value is -1.22. The van der Waals surface area contributed by atoms with Gasteiger partial charge in [0, 0.05) is 30.9 Å². The van der Waals surface area contributed by atoms with Crippen LogP contribution in [0.5, 0.6) is 5.75 Å². The third-order valence-electron chi connectivity index (χ3n) is 4.16. The number of rotatable bonds is 3. The van der Waals surface area contributed by atoms with Crippen LogP contribution in [0.4, 0.5) is 5.69 Å². The standard InChI is InChI=1S/C14H20N2O/c1-3-15-9-13-8-12(15)10-16(13)11-4-6-14(17-2)7-5-11/h4-7,12-13H,3,8-10H2,1-2H3. The van der Waals surface area contributed by atoms with Gasteiger partial charge in [-0.1, -0.05) is 6.92 Å². The molecule has 0 N–H and O–H groups in total. The molecule has 2 heterocycles. The van der Waals surface area contributed by atoms with E-state index in [-0.39, 0.29) is 0 Å². The minimum atomic E-state index is 0.716. The molecule has 1 aromatic carbocycles. The fourth-order valence-corrected chi connectivity index (χ4v) is 3.23. The predicted octanol–water partition coefficient (Wildman–Crippen LogP) is 1.98.